The van der Waals surface area contributed by atoms with Gasteiger partial charge in [0.2, 0.25) is 0 Å². The van der Waals surface area contributed by atoms with E-state index >= 15 is 0 Å². The summed E-state index contributed by atoms with van der Waals surface area (Å²) in [5, 5.41) is 0. The zero-order valence-electron chi connectivity index (χ0n) is 14.0. The molecule has 3 heteroatoms. The Morgan fingerprint density at radius 3 is 2.62 bits per heavy atom. The molecule has 1 aromatic heterocycles. The highest BCUT2D eigenvalue weighted by Crippen LogP contribution is 2.45. The number of nitrogens with two attached hydrogens (primary N) is 1. The Morgan fingerprint density at radius 2 is 2.00 bits per heavy atom. The van der Waals surface area contributed by atoms with Crippen LogP contribution in [0.5, 0.6) is 0 Å². The topological polar surface area (TPSA) is 30.9 Å². The molecular weight excluding hydrogens is 276 g/mol. The molecule has 0 bridgehead atoms. The summed E-state index contributed by atoms with van der Waals surface area (Å²) in [6, 6.07) is 2.58. The summed E-state index contributed by atoms with van der Waals surface area (Å²) >= 11 is 2.09. The molecule has 1 atom stereocenters. The smallest absolute Gasteiger partial charge is 0.0372 e. The van der Waals surface area contributed by atoms with Crippen LogP contribution in [0.3, 0.4) is 0 Å². The van der Waals surface area contributed by atoms with Crippen molar-refractivity contribution < 1.29 is 0 Å². The van der Waals surface area contributed by atoms with Crippen molar-refractivity contribution in [3.63, 3.8) is 0 Å². The number of aromatic nitrogens is 1. The first kappa shape index (κ1) is 15.5. The van der Waals surface area contributed by atoms with Gasteiger partial charge in [0.05, 0.1) is 0 Å². The molecule has 2 nitrogen and oxygen atoms in total. The van der Waals surface area contributed by atoms with Gasteiger partial charge in [-0.05, 0) is 55.9 Å². The molecular formula is C18H30N2S. The molecule has 0 amide bonds. The molecule has 1 saturated carbocycles. The summed E-state index contributed by atoms with van der Waals surface area (Å²) in [5.74, 6) is 0. The van der Waals surface area contributed by atoms with Gasteiger partial charge in [-0.15, -0.1) is 0 Å². The first-order valence-electron chi connectivity index (χ1n) is 8.35. The van der Waals surface area contributed by atoms with E-state index in [2.05, 4.69) is 49.4 Å². The van der Waals surface area contributed by atoms with Crippen LogP contribution in [0.4, 0.5) is 0 Å². The van der Waals surface area contributed by atoms with Crippen molar-refractivity contribution in [1.29, 1.82) is 0 Å². The fraction of sp³-hybridized carbons (Fsp3) is 0.778. The van der Waals surface area contributed by atoms with Gasteiger partial charge >= 0.3 is 0 Å². The maximum Gasteiger partial charge on any atom is 0.0372 e. The van der Waals surface area contributed by atoms with E-state index in [1.165, 1.54) is 55.6 Å². The van der Waals surface area contributed by atoms with Crippen LogP contribution in [0, 0.1) is 12.3 Å². The second-order valence-electron chi connectivity index (χ2n) is 8.02. The zero-order valence-corrected chi connectivity index (χ0v) is 14.9. The van der Waals surface area contributed by atoms with Crippen LogP contribution in [0.25, 0.3) is 0 Å². The lowest BCUT2D eigenvalue weighted by atomic mass is 9.74. The minimum absolute atomic E-state index is 0.220. The minimum Gasteiger partial charge on any atom is -0.347 e. The third-order valence-corrected chi connectivity index (χ3v) is 7.06. The van der Waals surface area contributed by atoms with E-state index in [0.717, 1.165) is 6.42 Å². The van der Waals surface area contributed by atoms with Crippen LogP contribution in [-0.2, 0) is 13.0 Å². The fourth-order valence-corrected chi connectivity index (χ4v) is 5.41. The van der Waals surface area contributed by atoms with Gasteiger partial charge in [0.15, 0.2) is 0 Å². The number of rotatable bonds is 3. The highest BCUT2D eigenvalue weighted by Gasteiger charge is 2.37. The molecule has 0 aromatic carbocycles. The van der Waals surface area contributed by atoms with Crippen molar-refractivity contribution >= 4 is 11.8 Å². The second-order valence-corrected chi connectivity index (χ2v) is 9.29. The molecule has 0 spiro atoms. The largest absolute Gasteiger partial charge is 0.347 e. The van der Waals surface area contributed by atoms with Crippen molar-refractivity contribution in [3.8, 4) is 0 Å². The number of thioether (sulfide) groups is 1. The zero-order chi connectivity index (χ0) is 15.3. The van der Waals surface area contributed by atoms with Crippen molar-refractivity contribution in [2.45, 2.75) is 76.6 Å². The van der Waals surface area contributed by atoms with E-state index in [1.54, 1.807) is 0 Å². The van der Waals surface area contributed by atoms with Crippen LogP contribution in [0.1, 0.15) is 68.9 Å². The predicted octanol–water partition coefficient (Wildman–Crippen LogP) is 4.44. The monoisotopic (exact) mass is 306 g/mol. The van der Waals surface area contributed by atoms with Gasteiger partial charge in [-0.3, -0.25) is 0 Å². The van der Waals surface area contributed by atoms with Crippen LogP contribution >= 0.6 is 11.8 Å². The summed E-state index contributed by atoms with van der Waals surface area (Å²) in [7, 11) is 0. The lowest BCUT2D eigenvalue weighted by Crippen LogP contribution is -2.33. The van der Waals surface area contributed by atoms with Crippen molar-refractivity contribution in [3.05, 3.63) is 23.0 Å². The number of hydrogen-bond donors (Lipinski definition) is 1. The average Bonchev–Trinajstić information content (AvgIpc) is 2.98. The molecule has 118 valence electrons. The Bertz CT molecular complexity index is 524. The predicted molar refractivity (Wildman–Crippen MR) is 92.9 cm³/mol. The molecule has 2 N–H and O–H groups in total. The lowest BCUT2D eigenvalue weighted by Gasteiger charge is -2.36. The Labute approximate surface area is 133 Å². The van der Waals surface area contributed by atoms with Crippen molar-refractivity contribution in [1.82, 2.24) is 4.57 Å². The molecule has 0 saturated heterocycles. The van der Waals surface area contributed by atoms with Crippen LogP contribution in [-0.4, -0.2) is 15.6 Å². The standard InChI is InChI=1S/C18H30N2S/c1-13-9-14-15(19)10-17(2,3)11-16(14)20(13)12-18(21-4)7-5-6-8-18/h9,15H,5-8,10-12,19H2,1-4H3. The van der Waals surface area contributed by atoms with E-state index in [0.29, 0.717) is 10.2 Å². The van der Waals surface area contributed by atoms with Gasteiger partial charge in [-0.25, -0.2) is 0 Å². The fourth-order valence-electron chi connectivity index (χ4n) is 4.46. The summed E-state index contributed by atoms with van der Waals surface area (Å²) in [6.07, 6.45) is 10.1. The van der Waals surface area contributed by atoms with Crippen LogP contribution in [0.15, 0.2) is 6.07 Å². The Morgan fingerprint density at radius 1 is 1.33 bits per heavy atom. The van der Waals surface area contributed by atoms with Gasteiger partial charge in [0.1, 0.15) is 0 Å². The van der Waals surface area contributed by atoms with Crippen LogP contribution in [0.2, 0.25) is 0 Å². The Kier molecular flexibility index (Phi) is 3.94. The Balaban J connectivity index is 1.97. The molecule has 2 aliphatic rings. The summed E-state index contributed by atoms with van der Waals surface area (Å²) in [5.41, 5.74) is 11.1. The summed E-state index contributed by atoms with van der Waals surface area (Å²) in [4.78, 5) is 0. The summed E-state index contributed by atoms with van der Waals surface area (Å²) < 4.78 is 3.07. The van der Waals surface area contributed by atoms with E-state index in [1.807, 2.05) is 0 Å². The molecule has 21 heavy (non-hydrogen) atoms. The first-order chi connectivity index (χ1) is 9.86. The number of fused-ring (bicyclic) bond motifs is 1. The highest BCUT2D eigenvalue weighted by atomic mass is 32.2. The molecule has 1 fully saturated rings. The molecule has 2 aliphatic carbocycles. The van der Waals surface area contributed by atoms with Crippen molar-refractivity contribution in [2.24, 2.45) is 11.1 Å². The number of nitrogens with zero attached hydrogens (tertiary/aromatic N) is 1. The lowest BCUT2D eigenvalue weighted by molar-refractivity contribution is 0.273. The SMILES string of the molecule is CSC1(Cn2c(C)cc3c2CC(C)(C)CC3N)CCCC1. The second kappa shape index (κ2) is 5.34. The van der Waals surface area contributed by atoms with Gasteiger partial charge in [0.25, 0.3) is 0 Å². The van der Waals surface area contributed by atoms with E-state index in [-0.39, 0.29) is 6.04 Å². The maximum absolute atomic E-state index is 6.46. The molecule has 0 aliphatic heterocycles. The summed E-state index contributed by atoms with van der Waals surface area (Å²) in [6.45, 7) is 8.17. The quantitative estimate of drug-likeness (QED) is 0.894. The third-order valence-electron chi connectivity index (χ3n) is 5.66. The van der Waals surface area contributed by atoms with Gasteiger partial charge in [0, 0.05) is 28.7 Å². The normalized spacial score (nSPS) is 26.8. The molecule has 1 heterocycles. The van der Waals surface area contributed by atoms with Gasteiger partial charge < -0.3 is 10.3 Å². The molecule has 1 unspecified atom stereocenters. The Hall–Kier alpha value is -0.410. The molecule has 3 rings (SSSR count). The average molecular weight is 307 g/mol. The van der Waals surface area contributed by atoms with Crippen molar-refractivity contribution in [2.75, 3.05) is 6.26 Å². The van der Waals surface area contributed by atoms with E-state index in [4.69, 9.17) is 5.73 Å². The maximum atomic E-state index is 6.46. The van der Waals surface area contributed by atoms with E-state index < -0.39 is 0 Å². The number of hydrogen-bond acceptors (Lipinski definition) is 2. The minimum atomic E-state index is 0.220. The van der Waals surface area contributed by atoms with E-state index in [9.17, 15) is 0 Å². The molecule has 1 aromatic rings. The molecule has 0 radical (unpaired) electrons. The third kappa shape index (κ3) is 2.79. The number of aryl methyl sites for hydroxylation is 1. The first-order valence-corrected chi connectivity index (χ1v) is 9.58. The van der Waals surface area contributed by atoms with Crippen LogP contribution < -0.4 is 5.73 Å². The highest BCUT2D eigenvalue weighted by molar-refractivity contribution is 8.00. The van der Waals surface area contributed by atoms with Gasteiger partial charge in [-0.2, -0.15) is 11.8 Å². The van der Waals surface area contributed by atoms with Gasteiger partial charge in [-0.1, -0.05) is 26.7 Å².